The van der Waals surface area contributed by atoms with E-state index in [-0.39, 0.29) is 18.1 Å². The Morgan fingerprint density at radius 3 is 2.47 bits per heavy atom. The molecule has 0 saturated carbocycles. The highest BCUT2D eigenvalue weighted by Crippen LogP contribution is 2.11. The largest absolute Gasteiger partial charge is 0.372 e. The monoisotopic (exact) mass is 263 g/mol. The van der Waals surface area contributed by atoms with Crippen LogP contribution in [0.1, 0.15) is 25.8 Å². The van der Waals surface area contributed by atoms with Crippen LogP contribution in [-0.2, 0) is 16.1 Å². The lowest BCUT2D eigenvalue weighted by Crippen LogP contribution is -2.49. The van der Waals surface area contributed by atoms with Gasteiger partial charge in [0.05, 0.1) is 18.6 Å². The van der Waals surface area contributed by atoms with Crippen LogP contribution in [0.2, 0.25) is 0 Å². The van der Waals surface area contributed by atoms with Crippen LogP contribution in [0.25, 0.3) is 0 Å². The Morgan fingerprint density at radius 2 is 1.89 bits per heavy atom. The summed E-state index contributed by atoms with van der Waals surface area (Å²) in [4.78, 5) is 14.1. The quantitative estimate of drug-likeness (QED) is 0.770. The zero-order valence-electron chi connectivity index (χ0n) is 12.0. The number of pyridine rings is 1. The standard InChI is InChI=1S/C15H23N2O2/c1-12-4-7-16(8-5-12)9-6-15(18)17-10-13(2)19-14(3)11-17/h4-5,7-8,13-14H,6,9-11H2,1-3H3/q+1. The SMILES string of the molecule is Cc1cc[n+](CCC(=O)N2CC(C)OC(C)C2)cc1. The smallest absolute Gasteiger partial charge is 0.229 e. The van der Waals surface area contributed by atoms with E-state index < -0.39 is 0 Å². The molecule has 0 N–H and O–H groups in total. The number of nitrogens with zero attached hydrogens (tertiary/aromatic N) is 2. The van der Waals surface area contributed by atoms with Gasteiger partial charge in [0.2, 0.25) is 5.91 Å². The molecule has 2 unspecified atom stereocenters. The van der Waals surface area contributed by atoms with Crippen LogP contribution in [0.4, 0.5) is 0 Å². The van der Waals surface area contributed by atoms with E-state index in [1.807, 2.05) is 31.1 Å². The molecule has 1 aromatic rings. The third kappa shape index (κ3) is 4.03. The average Bonchev–Trinajstić information content (AvgIpc) is 2.36. The van der Waals surface area contributed by atoms with Crippen molar-refractivity contribution in [3.8, 4) is 0 Å². The van der Waals surface area contributed by atoms with Crippen LogP contribution >= 0.6 is 0 Å². The van der Waals surface area contributed by atoms with Gasteiger partial charge < -0.3 is 9.64 Å². The fourth-order valence-corrected chi connectivity index (χ4v) is 2.45. The van der Waals surface area contributed by atoms with E-state index in [0.717, 1.165) is 6.54 Å². The molecule has 19 heavy (non-hydrogen) atoms. The molecule has 1 amide bonds. The van der Waals surface area contributed by atoms with Crippen LogP contribution in [0.3, 0.4) is 0 Å². The van der Waals surface area contributed by atoms with E-state index in [9.17, 15) is 4.79 Å². The van der Waals surface area contributed by atoms with Crippen molar-refractivity contribution in [1.29, 1.82) is 0 Å². The van der Waals surface area contributed by atoms with Crippen molar-refractivity contribution < 1.29 is 14.1 Å². The van der Waals surface area contributed by atoms with Crippen molar-refractivity contribution in [2.24, 2.45) is 0 Å². The Labute approximate surface area is 115 Å². The molecule has 4 nitrogen and oxygen atoms in total. The number of amides is 1. The van der Waals surface area contributed by atoms with Crippen molar-refractivity contribution in [2.45, 2.75) is 45.9 Å². The summed E-state index contributed by atoms with van der Waals surface area (Å²) in [5, 5.41) is 0. The minimum absolute atomic E-state index is 0.139. The first-order chi connectivity index (χ1) is 9.04. The van der Waals surface area contributed by atoms with Gasteiger partial charge in [0.15, 0.2) is 18.9 Å². The molecule has 2 atom stereocenters. The second kappa shape index (κ2) is 6.15. The van der Waals surface area contributed by atoms with Gasteiger partial charge in [-0.2, -0.15) is 0 Å². The number of carbonyl (C=O) groups excluding carboxylic acids is 1. The average molecular weight is 263 g/mol. The first kappa shape index (κ1) is 14.0. The van der Waals surface area contributed by atoms with E-state index in [0.29, 0.717) is 19.5 Å². The van der Waals surface area contributed by atoms with Gasteiger partial charge in [-0.15, -0.1) is 0 Å². The van der Waals surface area contributed by atoms with Gasteiger partial charge in [-0.1, -0.05) is 0 Å². The van der Waals surface area contributed by atoms with Crippen LogP contribution < -0.4 is 4.57 Å². The molecule has 0 aliphatic carbocycles. The zero-order valence-corrected chi connectivity index (χ0v) is 12.0. The van der Waals surface area contributed by atoms with Crippen LogP contribution in [-0.4, -0.2) is 36.1 Å². The van der Waals surface area contributed by atoms with E-state index in [4.69, 9.17) is 4.74 Å². The first-order valence-corrected chi connectivity index (χ1v) is 6.93. The number of rotatable bonds is 3. The topological polar surface area (TPSA) is 33.4 Å². The Morgan fingerprint density at radius 1 is 1.32 bits per heavy atom. The fourth-order valence-electron chi connectivity index (χ4n) is 2.45. The zero-order chi connectivity index (χ0) is 13.8. The second-order valence-corrected chi connectivity index (χ2v) is 5.42. The molecule has 1 aliphatic rings. The molecular weight excluding hydrogens is 240 g/mol. The first-order valence-electron chi connectivity index (χ1n) is 6.93. The molecular formula is C15H23N2O2+. The Balaban J connectivity index is 1.85. The third-order valence-corrected chi connectivity index (χ3v) is 3.41. The summed E-state index contributed by atoms with van der Waals surface area (Å²) >= 11 is 0. The van der Waals surface area contributed by atoms with Gasteiger partial charge in [0.1, 0.15) is 0 Å². The Hall–Kier alpha value is -1.42. The van der Waals surface area contributed by atoms with Crippen molar-refractivity contribution in [2.75, 3.05) is 13.1 Å². The highest BCUT2D eigenvalue weighted by atomic mass is 16.5. The summed E-state index contributed by atoms with van der Waals surface area (Å²) < 4.78 is 7.70. The lowest BCUT2D eigenvalue weighted by molar-refractivity contribution is -0.696. The Kier molecular flexibility index (Phi) is 4.53. The summed E-state index contributed by atoms with van der Waals surface area (Å²) in [6, 6.07) is 4.12. The molecule has 0 aromatic carbocycles. The fraction of sp³-hybridized carbons (Fsp3) is 0.600. The number of hydrogen-bond acceptors (Lipinski definition) is 2. The minimum atomic E-state index is 0.139. The van der Waals surface area contributed by atoms with Gasteiger partial charge in [-0.3, -0.25) is 4.79 Å². The van der Waals surface area contributed by atoms with E-state index in [2.05, 4.69) is 23.6 Å². The van der Waals surface area contributed by atoms with Gasteiger partial charge in [0, 0.05) is 25.2 Å². The summed E-state index contributed by atoms with van der Waals surface area (Å²) in [7, 11) is 0. The predicted octanol–water partition coefficient (Wildman–Crippen LogP) is 1.31. The van der Waals surface area contributed by atoms with Gasteiger partial charge in [0.25, 0.3) is 0 Å². The molecule has 2 rings (SSSR count). The molecule has 1 fully saturated rings. The van der Waals surface area contributed by atoms with Gasteiger partial charge in [-0.25, -0.2) is 4.57 Å². The molecule has 104 valence electrons. The second-order valence-electron chi connectivity index (χ2n) is 5.42. The molecule has 0 spiro atoms. The molecule has 1 aromatic heterocycles. The summed E-state index contributed by atoms with van der Waals surface area (Å²) in [5.74, 6) is 0.218. The maximum absolute atomic E-state index is 12.2. The van der Waals surface area contributed by atoms with E-state index in [1.165, 1.54) is 5.56 Å². The number of ether oxygens (including phenoxy) is 1. The summed E-state index contributed by atoms with van der Waals surface area (Å²) in [5.41, 5.74) is 1.23. The maximum Gasteiger partial charge on any atom is 0.229 e. The van der Waals surface area contributed by atoms with Crippen LogP contribution in [0, 0.1) is 6.92 Å². The van der Waals surface area contributed by atoms with Crippen molar-refractivity contribution in [3.05, 3.63) is 30.1 Å². The normalized spacial score (nSPS) is 23.4. The molecule has 2 heterocycles. The lowest BCUT2D eigenvalue weighted by Gasteiger charge is -2.35. The molecule has 0 bridgehead atoms. The molecule has 1 saturated heterocycles. The summed E-state index contributed by atoms with van der Waals surface area (Å²) in [6.07, 6.45) is 4.87. The summed E-state index contributed by atoms with van der Waals surface area (Å²) in [6.45, 7) is 8.25. The number of carbonyl (C=O) groups is 1. The number of morpholine rings is 1. The van der Waals surface area contributed by atoms with Crippen molar-refractivity contribution in [1.82, 2.24) is 4.90 Å². The predicted molar refractivity (Wildman–Crippen MR) is 72.6 cm³/mol. The lowest BCUT2D eigenvalue weighted by atomic mass is 10.2. The van der Waals surface area contributed by atoms with Crippen LogP contribution in [0.15, 0.2) is 24.5 Å². The van der Waals surface area contributed by atoms with Crippen molar-refractivity contribution in [3.63, 3.8) is 0 Å². The number of aromatic nitrogens is 1. The maximum atomic E-state index is 12.2. The molecule has 0 radical (unpaired) electrons. The highest BCUT2D eigenvalue weighted by Gasteiger charge is 2.26. The third-order valence-electron chi connectivity index (χ3n) is 3.41. The van der Waals surface area contributed by atoms with Gasteiger partial charge >= 0.3 is 0 Å². The number of aryl methyl sites for hydroxylation is 2. The Bertz CT molecular complexity index is 420. The van der Waals surface area contributed by atoms with Gasteiger partial charge in [-0.05, 0) is 26.3 Å². The molecule has 1 aliphatic heterocycles. The molecule has 4 heteroatoms. The minimum Gasteiger partial charge on any atom is -0.372 e. The number of hydrogen-bond donors (Lipinski definition) is 0. The van der Waals surface area contributed by atoms with Crippen molar-refractivity contribution >= 4 is 5.91 Å². The highest BCUT2D eigenvalue weighted by molar-refractivity contribution is 5.76. The van der Waals surface area contributed by atoms with Crippen LogP contribution in [0.5, 0.6) is 0 Å². The van der Waals surface area contributed by atoms with E-state index >= 15 is 0 Å². The van der Waals surface area contributed by atoms with E-state index in [1.54, 1.807) is 0 Å².